The Morgan fingerprint density at radius 2 is 1.21 bits per heavy atom. The van der Waals surface area contributed by atoms with E-state index in [2.05, 4.69) is 21.3 Å². The second kappa shape index (κ2) is 17.3. The second-order valence-electron chi connectivity index (χ2n) is 9.94. The summed E-state index contributed by atoms with van der Waals surface area (Å²) in [5.41, 5.74) is 17.2. The normalized spacial score (nSPS) is 15.0. The van der Waals surface area contributed by atoms with Crippen LogP contribution >= 0.6 is 0 Å². The summed E-state index contributed by atoms with van der Waals surface area (Å²) in [5, 5.41) is 18.8. The highest BCUT2D eigenvalue weighted by Crippen LogP contribution is 2.10. The Morgan fingerprint density at radius 1 is 0.714 bits per heavy atom. The van der Waals surface area contributed by atoms with Crippen molar-refractivity contribution in [3.63, 3.8) is 0 Å². The van der Waals surface area contributed by atoms with Gasteiger partial charge in [-0.05, 0) is 24.3 Å². The van der Waals surface area contributed by atoms with Crippen molar-refractivity contribution in [2.24, 2.45) is 23.1 Å². The number of hydrogen-bond acceptors (Lipinski definition) is 8. The second-order valence-corrected chi connectivity index (χ2v) is 9.94. The average Bonchev–Trinajstić information content (AvgIpc) is 2.92. The Kier molecular flexibility index (Phi) is 14.6. The van der Waals surface area contributed by atoms with Crippen LogP contribution < -0.4 is 38.5 Å². The molecule has 0 saturated heterocycles. The fraction of sp³-hybridized carbons (Fsp3) is 0.519. The van der Waals surface area contributed by atoms with Crippen LogP contribution in [0.15, 0.2) is 30.3 Å². The summed E-state index contributed by atoms with van der Waals surface area (Å²) in [6.07, 6.45) is -0.606. The van der Waals surface area contributed by atoms with Crippen LogP contribution in [0, 0.1) is 5.92 Å². The number of carboxylic acids is 1. The van der Waals surface area contributed by atoms with Gasteiger partial charge in [0.2, 0.25) is 35.4 Å². The molecule has 0 heterocycles. The van der Waals surface area contributed by atoms with Gasteiger partial charge in [-0.1, -0.05) is 57.5 Å². The van der Waals surface area contributed by atoms with Gasteiger partial charge in [0.25, 0.3) is 0 Å². The fourth-order valence-corrected chi connectivity index (χ4v) is 3.89. The van der Waals surface area contributed by atoms with Crippen molar-refractivity contribution >= 4 is 41.4 Å². The van der Waals surface area contributed by atoms with E-state index in [-0.39, 0.29) is 12.8 Å². The lowest BCUT2D eigenvalue weighted by molar-refractivity contribution is -0.144. The van der Waals surface area contributed by atoms with E-state index in [4.69, 9.17) is 17.2 Å². The number of carbonyl (C=O) groups is 7. The molecule has 15 heteroatoms. The first-order chi connectivity index (χ1) is 19.7. The molecule has 42 heavy (non-hydrogen) atoms. The Morgan fingerprint density at radius 3 is 1.71 bits per heavy atom. The predicted octanol–water partition coefficient (Wildman–Crippen LogP) is -2.21. The molecule has 1 aromatic rings. The van der Waals surface area contributed by atoms with Gasteiger partial charge in [-0.3, -0.25) is 28.8 Å². The Balaban J connectivity index is 3.02. The highest BCUT2D eigenvalue weighted by atomic mass is 16.4. The molecule has 0 aromatic heterocycles. The smallest absolute Gasteiger partial charge is 0.326 e. The lowest BCUT2D eigenvalue weighted by atomic mass is 9.97. The molecule has 0 aliphatic carbocycles. The molecule has 11 N–H and O–H groups in total. The molecular formula is C27H41N7O8. The summed E-state index contributed by atoms with van der Waals surface area (Å²) < 4.78 is 0. The van der Waals surface area contributed by atoms with E-state index in [0.29, 0.717) is 6.42 Å². The number of hydrogen-bond donors (Lipinski definition) is 8. The van der Waals surface area contributed by atoms with Crippen molar-refractivity contribution in [3.05, 3.63) is 35.9 Å². The zero-order chi connectivity index (χ0) is 32.0. The van der Waals surface area contributed by atoms with Crippen LogP contribution in [0.3, 0.4) is 0 Å². The van der Waals surface area contributed by atoms with Crippen molar-refractivity contribution in [1.82, 2.24) is 21.3 Å². The summed E-state index contributed by atoms with van der Waals surface area (Å²) in [7, 11) is 0. The standard InChI is InChI=1S/C27H41N7O8/c1-4-14(3)22(26(40)33-19(27(41)42)13-21(30)36)34-25(39)18(12-20(29)35)32-24(38)17(5-2)31-23(37)16(28)11-15-9-7-6-8-10-15/h6-10,14,16-19,22H,4-5,11-13,28H2,1-3H3,(H2,29,35)(H2,30,36)(H,31,37)(H,32,38)(H,33,40)(H,34,39)(H,41,42)/t14-,16-,17-,18-,19-,22-/m0/s1. The van der Waals surface area contributed by atoms with Crippen LogP contribution in [0.25, 0.3) is 0 Å². The summed E-state index contributed by atoms with van der Waals surface area (Å²) in [6.45, 7) is 4.94. The maximum Gasteiger partial charge on any atom is 0.326 e. The van der Waals surface area contributed by atoms with Gasteiger partial charge in [0.1, 0.15) is 24.2 Å². The molecule has 0 aliphatic rings. The molecule has 15 nitrogen and oxygen atoms in total. The first-order valence-corrected chi connectivity index (χ1v) is 13.5. The molecule has 1 rings (SSSR count). The van der Waals surface area contributed by atoms with Gasteiger partial charge >= 0.3 is 5.97 Å². The topological polar surface area (TPSA) is 266 Å². The van der Waals surface area contributed by atoms with E-state index in [1.807, 2.05) is 6.07 Å². The van der Waals surface area contributed by atoms with Crippen molar-refractivity contribution in [2.45, 2.75) is 83.1 Å². The minimum atomic E-state index is -1.64. The summed E-state index contributed by atoms with van der Waals surface area (Å²) in [6, 6.07) is 2.48. The number of aliphatic carboxylic acids is 1. The van der Waals surface area contributed by atoms with Gasteiger partial charge in [-0.15, -0.1) is 0 Å². The first-order valence-electron chi connectivity index (χ1n) is 13.5. The molecule has 0 aliphatic heterocycles. The van der Waals surface area contributed by atoms with E-state index in [9.17, 15) is 38.7 Å². The number of benzene rings is 1. The highest BCUT2D eigenvalue weighted by molar-refractivity contribution is 5.97. The summed E-state index contributed by atoms with van der Waals surface area (Å²) in [5.74, 6) is -7.20. The number of nitrogens with one attached hydrogen (secondary N) is 4. The average molecular weight is 592 g/mol. The molecule has 232 valence electrons. The van der Waals surface area contributed by atoms with E-state index in [0.717, 1.165) is 5.56 Å². The van der Waals surface area contributed by atoms with E-state index < -0.39 is 90.4 Å². The van der Waals surface area contributed by atoms with Gasteiger partial charge < -0.3 is 43.6 Å². The molecular weight excluding hydrogens is 550 g/mol. The van der Waals surface area contributed by atoms with Crippen LogP contribution in [0.4, 0.5) is 0 Å². The van der Waals surface area contributed by atoms with Crippen LogP contribution in [0.5, 0.6) is 0 Å². The minimum absolute atomic E-state index is 0.120. The van der Waals surface area contributed by atoms with Crippen molar-refractivity contribution < 1.29 is 38.7 Å². The quantitative estimate of drug-likeness (QED) is 0.0918. The zero-order valence-electron chi connectivity index (χ0n) is 23.9. The first kappa shape index (κ1) is 35.5. The molecule has 0 saturated carbocycles. The Bertz CT molecular complexity index is 1130. The summed E-state index contributed by atoms with van der Waals surface area (Å²) in [4.78, 5) is 86.2. The highest BCUT2D eigenvalue weighted by Gasteiger charge is 2.34. The van der Waals surface area contributed by atoms with Gasteiger partial charge in [0.05, 0.1) is 18.9 Å². The molecule has 0 radical (unpaired) electrons. The maximum atomic E-state index is 13.2. The number of carbonyl (C=O) groups excluding carboxylic acids is 6. The predicted molar refractivity (Wildman–Crippen MR) is 151 cm³/mol. The van der Waals surface area contributed by atoms with Crippen LogP contribution in [-0.2, 0) is 40.0 Å². The van der Waals surface area contributed by atoms with E-state index in [1.54, 1.807) is 45.0 Å². The SMILES string of the molecule is CC[C@H](NC(=O)[C@@H](N)Cc1ccccc1)C(=O)N[C@@H](CC(N)=O)C(=O)N[C@H](C(=O)N[C@@H](CC(N)=O)C(=O)O)[C@@H](C)CC. The Hall–Kier alpha value is -4.53. The number of rotatable bonds is 18. The molecule has 0 bridgehead atoms. The number of nitrogens with two attached hydrogens (primary N) is 3. The third kappa shape index (κ3) is 11.9. The van der Waals surface area contributed by atoms with Gasteiger partial charge in [0.15, 0.2) is 0 Å². The van der Waals surface area contributed by atoms with E-state index in [1.165, 1.54) is 0 Å². The zero-order valence-corrected chi connectivity index (χ0v) is 23.9. The maximum absolute atomic E-state index is 13.2. The summed E-state index contributed by atoms with van der Waals surface area (Å²) >= 11 is 0. The van der Waals surface area contributed by atoms with E-state index >= 15 is 0 Å². The number of amides is 6. The van der Waals surface area contributed by atoms with Gasteiger partial charge in [0, 0.05) is 0 Å². The molecule has 0 spiro atoms. The van der Waals surface area contributed by atoms with Crippen molar-refractivity contribution in [1.29, 1.82) is 0 Å². The molecule has 1 aromatic carbocycles. The Labute approximate surface area is 243 Å². The van der Waals surface area contributed by atoms with Crippen LogP contribution in [-0.4, -0.2) is 76.7 Å². The van der Waals surface area contributed by atoms with Crippen LogP contribution in [0.2, 0.25) is 0 Å². The monoisotopic (exact) mass is 591 g/mol. The van der Waals surface area contributed by atoms with Crippen molar-refractivity contribution in [2.75, 3.05) is 0 Å². The molecule has 6 amide bonds. The lowest BCUT2D eigenvalue weighted by Gasteiger charge is -2.28. The largest absolute Gasteiger partial charge is 0.480 e. The number of carboxylic acid groups (broad SMARTS) is 1. The molecule has 0 fully saturated rings. The number of primary amides is 2. The minimum Gasteiger partial charge on any atom is -0.480 e. The van der Waals surface area contributed by atoms with Gasteiger partial charge in [-0.2, -0.15) is 0 Å². The molecule has 6 atom stereocenters. The third-order valence-electron chi connectivity index (χ3n) is 6.53. The van der Waals surface area contributed by atoms with Crippen LogP contribution in [0.1, 0.15) is 52.0 Å². The fourth-order valence-electron chi connectivity index (χ4n) is 3.89. The molecule has 0 unspecified atom stereocenters. The third-order valence-corrected chi connectivity index (χ3v) is 6.53. The lowest BCUT2D eigenvalue weighted by Crippen LogP contribution is -2.60. The van der Waals surface area contributed by atoms with Gasteiger partial charge in [-0.25, -0.2) is 4.79 Å². The van der Waals surface area contributed by atoms with Crippen molar-refractivity contribution in [3.8, 4) is 0 Å².